The molecule has 1 aromatic heterocycles. The highest BCUT2D eigenvalue weighted by molar-refractivity contribution is 5.92. The van der Waals surface area contributed by atoms with Gasteiger partial charge in [-0.25, -0.2) is 9.97 Å². The monoisotopic (exact) mass is 305 g/mol. The van der Waals surface area contributed by atoms with Crippen molar-refractivity contribution in [2.75, 3.05) is 57.4 Å². The minimum atomic E-state index is -0.109. The highest BCUT2D eigenvalue weighted by Crippen LogP contribution is 2.12. The molecular formula is C14H19N5O3. The van der Waals surface area contributed by atoms with Crippen molar-refractivity contribution in [3.63, 3.8) is 0 Å². The molecule has 0 aliphatic carbocycles. The summed E-state index contributed by atoms with van der Waals surface area (Å²) in [5, 5.41) is 0. The number of anilines is 1. The van der Waals surface area contributed by atoms with Gasteiger partial charge in [-0.2, -0.15) is 0 Å². The second-order valence-electron chi connectivity index (χ2n) is 5.27. The Morgan fingerprint density at radius 3 is 2.55 bits per heavy atom. The predicted octanol–water partition coefficient (Wildman–Crippen LogP) is -0.773. The SMILES string of the molecule is O=CN1CCN(C(=O)c2ccnc(N3CCOCC3)n2)CC1. The van der Waals surface area contributed by atoms with Crippen LogP contribution in [0, 0.1) is 0 Å². The van der Waals surface area contributed by atoms with Crippen molar-refractivity contribution in [1.29, 1.82) is 0 Å². The molecule has 0 saturated carbocycles. The van der Waals surface area contributed by atoms with Gasteiger partial charge in [0, 0.05) is 45.5 Å². The van der Waals surface area contributed by atoms with Gasteiger partial charge in [0.1, 0.15) is 5.69 Å². The maximum absolute atomic E-state index is 12.5. The molecule has 3 heterocycles. The van der Waals surface area contributed by atoms with Crippen LogP contribution in [0.25, 0.3) is 0 Å². The molecule has 0 atom stereocenters. The van der Waals surface area contributed by atoms with Crippen molar-refractivity contribution >= 4 is 18.3 Å². The zero-order chi connectivity index (χ0) is 15.4. The zero-order valence-corrected chi connectivity index (χ0v) is 12.3. The lowest BCUT2D eigenvalue weighted by molar-refractivity contribution is -0.119. The molecule has 8 heteroatoms. The zero-order valence-electron chi connectivity index (χ0n) is 12.3. The summed E-state index contributed by atoms with van der Waals surface area (Å²) in [6.45, 7) is 4.96. The molecule has 0 N–H and O–H groups in total. The van der Waals surface area contributed by atoms with E-state index in [9.17, 15) is 9.59 Å². The summed E-state index contributed by atoms with van der Waals surface area (Å²) in [6, 6.07) is 1.64. The van der Waals surface area contributed by atoms with E-state index in [0.29, 0.717) is 51.0 Å². The number of carbonyl (C=O) groups excluding carboxylic acids is 2. The fraction of sp³-hybridized carbons (Fsp3) is 0.571. The maximum atomic E-state index is 12.5. The molecule has 2 fully saturated rings. The number of piperazine rings is 1. The molecule has 0 radical (unpaired) electrons. The van der Waals surface area contributed by atoms with Crippen LogP contribution in [0.2, 0.25) is 0 Å². The molecule has 0 bridgehead atoms. The van der Waals surface area contributed by atoms with E-state index in [4.69, 9.17) is 4.74 Å². The fourth-order valence-electron chi connectivity index (χ4n) is 2.58. The Balaban J connectivity index is 1.69. The molecule has 2 aliphatic rings. The first-order valence-electron chi connectivity index (χ1n) is 7.42. The van der Waals surface area contributed by atoms with Crippen molar-refractivity contribution < 1.29 is 14.3 Å². The van der Waals surface area contributed by atoms with E-state index in [1.807, 2.05) is 4.90 Å². The topological polar surface area (TPSA) is 78.9 Å². The number of hydrogen-bond donors (Lipinski definition) is 0. The Bertz CT molecular complexity index is 539. The van der Waals surface area contributed by atoms with Gasteiger partial charge in [-0.15, -0.1) is 0 Å². The quantitative estimate of drug-likeness (QED) is 0.682. The third-order valence-electron chi connectivity index (χ3n) is 3.91. The number of ether oxygens (including phenoxy) is 1. The van der Waals surface area contributed by atoms with Gasteiger partial charge < -0.3 is 19.4 Å². The standard InChI is InChI=1S/C14H19N5O3/c20-11-17-3-5-18(6-4-17)13(21)12-1-2-15-14(16-12)19-7-9-22-10-8-19/h1-2,11H,3-10H2. The average Bonchev–Trinajstić information content (AvgIpc) is 2.62. The van der Waals surface area contributed by atoms with Crippen LogP contribution in [0.15, 0.2) is 12.3 Å². The summed E-state index contributed by atoms with van der Waals surface area (Å²) in [5.74, 6) is 0.461. The Hall–Kier alpha value is -2.22. The van der Waals surface area contributed by atoms with Gasteiger partial charge in [0.05, 0.1) is 13.2 Å². The Morgan fingerprint density at radius 1 is 1.14 bits per heavy atom. The normalized spacial score (nSPS) is 19.2. The first-order chi connectivity index (χ1) is 10.8. The van der Waals surface area contributed by atoms with E-state index in [-0.39, 0.29) is 5.91 Å². The summed E-state index contributed by atoms with van der Waals surface area (Å²) in [5.41, 5.74) is 0.399. The molecule has 2 saturated heterocycles. The smallest absolute Gasteiger partial charge is 0.272 e. The van der Waals surface area contributed by atoms with Gasteiger partial charge in [0.25, 0.3) is 5.91 Å². The average molecular weight is 305 g/mol. The molecule has 8 nitrogen and oxygen atoms in total. The first-order valence-corrected chi connectivity index (χ1v) is 7.42. The molecule has 0 spiro atoms. The van der Waals surface area contributed by atoms with Crippen LogP contribution < -0.4 is 4.90 Å². The molecule has 22 heavy (non-hydrogen) atoms. The van der Waals surface area contributed by atoms with Crippen molar-refractivity contribution in [2.24, 2.45) is 0 Å². The van der Waals surface area contributed by atoms with Gasteiger partial charge >= 0.3 is 0 Å². The van der Waals surface area contributed by atoms with Gasteiger partial charge in [-0.05, 0) is 6.07 Å². The highest BCUT2D eigenvalue weighted by Gasteiger charge is 2.23. The van der Waals surface area contributed by atoms with Crippen molar-refractivity contribution in [2.45, 2.75) is 0 Å². The molecule has 2 amide bonds. The number of hydrogen-bond acceptors (Lipinski definition) is 6. The molecular weight excluding hydrogens is 286 g/mol. The van der Waals surface area contributed by atoms with E-state index in [2.05, 4.69) is 9.97 Å². The number of rotatable bonds is 3. The number of carbonyl (C=O) groups is 2. The summed E-state index contributed by atoms with van der Waals surface area (Å²) >= 11 is 0. The van der Waals surface area contributed by atoms with Crippen molar-refractivity contribution in [1.82, 2.24) is 19.8 Å². The molecule has 0 aromatic carbocycles. The number of aromatic nitrogens is 2. The first kappa shape index (κ1) is 14.7. The Morgan fingerprint density at radius 2 is 1.86 bits per heavy atom. The van der Waals surface area contributed by atoms with E-state index in [1.165, 1.54) is 0 Å². The van der Waals surface area contributed by atoms with E-state index < -0.39 is 0 Å². The lowest BCUT2D eigenvalue weighted by Crippen LogP contribution is -2.48. The van der Waals surface area contributed by atoms with Crippen LogP contribution in [0.3, 0.4) is 0 Å². The minimum absolute atomic E-state index is 0.109. The molecule has 3 rings (SSSR count). The van der Waals surface area contributed by atoms with Crippen LogP contribution >= 0.6 is 0 Å². The second kappa shape index (κ2) is 6.69. The fourth-order valence-corrected chi connectivity index (χ4v) is 2.58. The summed E-state index contributed by atoms with van der Waals surface area (Å²) in [6.07, 6.45) is 2.44. The van der Waals surface area contributed by atoms with Gasteiger partial charge in [0.2, 0.25) is 12.4 Å². The lowest BCUT2D eigenvalue weighted by Gasteiger charge is -2.32. The molecule has 118 valence electrons. The van der Waals surface area contributed by atoms with Gasteiger partial charge in [-0.3, -0.25) is 9.59 Å². The van der Waals surface area contributed by atoms with Crippen LogP contribution in [0.4, 0.5) is 5.95 Å². The minimum Gasteiger partial charge on any atom is -0.378 e. The van der Waals surface area contributed by atoms with E-state index in [1.54, 1.807) is 22.1 Å². The lowest BCUT2D eigenvalue weighted by atomic mass is 10.3. The second-order valence-corrected chi connectivity index (χ2v) is 5.27. The molecule has 0 unspecified atom stereocenters. The Labute approximate surface area is 128 Å². The molecule has 1 aromatic rings. The number of amides is 2. The third-order valence-corrected chi connectivity index (χ3v) is 3.91. The highest BCUT2D eigenvalue weighted by atomic mass is 16.5. The van der Waals surface area contributed by atoms with Crippen molar-refractivity contribution in [3.05, 3.63) is 18.0 Å². The summed E-state index contributed by atoms with van der Waals surface area (Å²) in [7, 11) is 0. The van der Waals surface area contributed by atoms with Crippen LogP contribution in [-0.4, -0.2) is 84.6 Å². The Kier molecular flexibility index (Phi) is 4.47. The largest absolute Gasteiger partial charge is 0.378 e. The summed E-state index contributed by atoms with van der Waals surface area (Å²) < 4.78 is 5.31. The van der Waals surface area contributed by atoms with Gasteiger partial charge in [-0.1, -0.05) is 0 Å². The molecule has 2 aliphatic heterocycles. The summed E-state index contributed by atoms with van der Waals surface area (Å²) in [4.78, 5) is 37.3. The van der Waals surface area contributed by atoms with Crippen LogP contribution in [-0.2, 0) is 9.53 Å². The maximum Gasteiger partial charge on any atom is 0.272 e. The van der Waals surface area contributed by atoms with Gasteiger partial charge in [0.15, 0.2) is 0 Å². The van der Waals surface area contributed by atoms with E-state index in [0.717, 1.165) is 19.5 Å². The number of morpholine rings is 1. The predicted molar refractivity (Wildman–Crippen MR) is 78.6 cm³/mol. The number of nitrogens with zero attached hydrogens (tertiary/aromatic N) is 5. The third kappa shape index (κ3) is 3.16. The van der Waals surface area contributed by atoms with Crippen molar-refractivity contribution in [3.8, 4) is 0 Å². The van der Waals surface area contributed by atoms with Crippen LogP contribution in [0.5, 0.6) is 0 Å². The van der Waals surface area contributed by atoms with E-state index >= 15 is 0 Å². The van der Waals surface area contributed by atoms with Crippen LogP contribution in [0.1, 0.15) is 10.5 Å².